The predicted molar refractivity (Wildman–Crippen MR) is 86.8 cm³/mol. The summed E-state index contributed by atoms with van der Waals surface area (Å²) in [5, 5.41) is 2.90. The first-order valence-electron chi connectivity index (χ1n) is 7.07. The summed E-state index contributed by atoms with van der Waals surface area (Å²) in [7, 11) is 1.63. The fraction of sp³-hybridized carbons (Fsp3) is 0.294. The van der Waals surface area contributed by atoms with Gasteiger partial charge in [-0.15, -0.1) is 0 Å². The minimum atomic E-state index is -0.451. The molecule has 2 rings (SSSR count). The number of nitrogens with zero attached hydrogens (tertiary/aromatic N) is 1. The van der Waals surface area contributed by atoms with Gasteiger partial charge in [0.2, 0.25) is 0 Å². The molecule has 22 heavy (non-hydrogen) atoms. The number of benzene rings is 1. The lowest BCUT2D eigenvalue weighted by atomic mass is 10.0. The van der Waals surface area contributed by atoms with Crippen LogP contribution in [0.15, 0.2) is 42.7 Å². The summed E-state index contributed by atoms with van der Waals surface area (Å²) in [4.78, 5) is 16.4. The highest BCUT2D eigenvalue weighted by Crippen LogP contribution is 2.22. The predicted octanol–water partition coefficient (Wildman–Crippen LogP) is 2.22. The van der Waals surface area contributed by atoms with Crippen LogP contribution in [0, 0.1) is 0 Å². The SMILES string of the molecule is COc1ccc(-c2cncc(C(=O)NC(C)(C)CN)c2)cc1. The monoisotopic (exact) mass is 299 g/mol. The van der Waals surface area contributed by atoms with Crippen LogP contribution in [0.2, 0.25) is 0 Å². The van der Waals surface area contributed by atoms with Gasteiger partial charge in [-0.25, -0.2) is 0 Å². The van der Waals surface area contributed by atoms with E-state index in [1.54, 1.807) is 19.5 Å². The Morgan fingerprint density at radius 2 is 1.91 bits per heavy atom. The Bertz CT molecular complexity index is 651. The number of carbonyl (C=O) groups is 1. The molecule has 0 radical (unpaired) electrons. The van der Waals surface area contributed by atoms with E-state index in [4.69, 9.17) is 10.5 Å². The maximum atomic E-state index is 12.3. The Kier molecular flexibility index (Phi) is 4.78. The molecule has 0 aliphatic heterocycles. The van der Waals surface area contributed by atoms with Gasteiger partial charge in [-0.3, -0.25) is 9.78 Å². The van der Waals surface area contributed by atoms with Gasteiger partial charge in [-0.1, -0.05) is 12.1 Å². The standard InChI is InChI=1S/C17H21N3O2/c1-17(2,11-18)20-16(21)14-8-13(9-19-10-14)12-4-6-15(22-3)7-5-12/h4-10H,11,18H2,1-3H3,(H,20,21). The maximum Gasteiger partial charge on any atom is 0.253 e. The van der Waals surface area contributed by atoms with Crippen LogP contribution in [-0.4, -0.2) is 30.1 Å². The van der Waals surface area contributed by atoms with Crippen LogP contribution in [0.5, 0.6) is 5.75 Å². The van der Waals surface area contributed by atoms with Gasteiger partial charge >= 0.3 is 0 Å². The third kappa shape index (κ3) is 3.83. The second-order valence-corrected chi connectivity index (χ2v) is 5.73. The molecule has 0 saturated carbocycles. The molecule has 2 aromatic rings. The number of hydrogen-bond donors (Lipinski definition) is 2. The smallest absolute Gasteiger partial charge is 0.253 e. The molecular weight excluding hydrogens is 278 g/mol. The van der Waals surface area contributed by atoms with Crippen molar-refractivity contribution in [3.63, 3.8) is 0 Å². The molecule has 0 spiro atoms. The molecule has 1 amide bonds. The lowest BCUT2D eigenvalue weighted by Crippen LogP contribution is -2.48. The first-order chi connectivity index (χ1) is 10.4. The summed E-state index contributed by atoms with van der Waals surface area (Å²) in [6, 6.07) is 9.43. The second kappa shape index (κ2) is 6.58. The number of nitrogens with two attached hydrogens (primary N) is 1. The lowest BCUT2D eigenvalue weighted by Gasteiger charge is -2.24. The van der Waals surface area contributed by atoms with Crippen LogP contribution in [0.3, 0.4) is 0 Å². The Labute approximate surface area is 130 Å². The number of hydrogen-bond acceptors (Lipinski definition) is 4. The molecule has 1 heterocycles. The highest BCUT2D eigenvalue weighted by molar-refractivity contribution is 5.95. The molecule has 5 nitrogen and oxygen atoms in total. The zero-order valence-corrected chi connectivity index (χ0v) is 13.1. The van der Waals surface area contributed by atoms with Crippen LogP contribution in [-0.2, 0) is 0 Å². The summed E-state index contributed by atoms with van der Waals surface area (Å²) < 4.78 is 5.14. The molecule has 0 unspecified atom stereocenters. The topological polar surface area (TPSA) is 77.2 Å². The van der Waals surface area contributed by atoms with Crippen LogP contribution in [0.25, 0.3) is 11.1 Å². The van der Waals surface area contributed by atoms with Gasteiger partial charge in [-0.2, -0.15) is 0 Å². The molecule has 1 aromatic heterocycles. The first kappa shape index (κ1) is 16.0. The molecule has 0 saturated heterocycles. The quantitative estimate of drug-likeness (QED) is 0.887. The molecular formula is C17H21N3O2. The highest BCUT2D eigenvalue weighted by Gasteiger charge is 2.19. The second-order valence-electron chi connectivity index (χ2n) is 5.73. The number of rotatable bonds is 5. The van der Waals surface area contributed by atoms with Crippen molar-refractivity contribution in [1.82, 2.24) is 10.3 Å². The number of methoxy groups -OCH3 is 1. The van der Waals surface area contributed by atoms with Gasteiger partial charge in [0.15, 0.2) is 0 Å². The molecule has 0 aliphatic rings. The average molecular weight is 299 g/mol. The minimum Gasteiger partial charge on any atom is -0.497 e. The Hall–Kier alpha value is -2.40. The van der Waals surface area contributed by atoms with Crippen molar-refractivity contribution in [2.24, 2.45) is 5.73 Å². The molecule has 116 valence electrons. The number of pyridine rings is 1. The summed E-state index contributed by atoms with van der Waals surface area (Å²) in [5.74, 6) is 0.605. The van der Waals surface area contributed by atoms with Crippen LogP contribution in [0.4, 0.5) is 0 Å². The van der Waals surface area contributed by atoms with Crippen molar-refractivity contribution in [2.45, 2.75) is 19.4 Å². The number of ether oxygens (including phenoxy) is 1. The third-order valence-electron chi connectivity index (χ3n) is 3.39. The lowest BCUT2D eigenvalue weighted by molar-refractivity contribution is 0.0915. The van der Waals surface area contributed by atoms with Gasteiger partial charge in [0.25, 0.3) is 5.91 Å². The molecule has 5 heteroatoms. The van der Waals surface area contributed by atoms with Gasteiger partial charge in [0.05, 0.1) is 12.7 Å². The van der Waals surface area contributed by atoms with E-state index in [0.717, 1.165) is 16.9 Å². The zero-order valence-electron chi connectivity index (χ0n) is 13.1. The maximum absolute atomic E-state index is 12.3. The fourth-order valence-electron chi connectivity index (χ4n) is 1.94. The normalized spacial score (nSPS) is 11.1. The summed E-state index contributed by atoms with van der Waals surface area (Å²) in [6.45, 7) is 4.13. The van der Waals surface area contributed by atoms with E-state index in [1.807, 2.05) is 44.2 Å². The first-order valence-corrected chi connectivity index (χ1v) is 7.07. The largest absolute Gasteiger partial charge is 0.497 e. The Balaban J connectivity index is 2.24. The van der Waals surface area contributed by atoms with Crippen LogP contribution in [0.1, 0.15) is 24.2 Å². The van der Waals surface area contributed by atoms with Crippen LogP contribution < -0.4 is 15.8 Å². The summed E-state index contributed by atoms with van der Waals surface area (Å²) >= 11 is 0. The van der Waals surface area contributed by atoms with E-state index >= 15 is 0 Å². The molecule has 1 aromatic carbocycles. The van der Waals surface area contributed by atoms with Gasteiger partial charge < -0.3 is 15.8 Å². The number of carbonyl (C=O) groups excluding carboxylic acids is 1. The van der Waals surface area contributed by atoms with E-state index in [0.29, 0.717) is 12.1 Å². The van der Waals surface area contributed by atoms with Crippen molar-refractivity contribution in [3.05, 3.63) is 48.3 Å². The fourth-order valence-corrected chi connectivity index (χ4v) is 1.94. The molecule has 3 N–H and O–H groups in total. The van der Waals surface area contributed by atoms with E-state index in [1.165, 1.54) is 0 Å². The summed E-state index contributed by atoms with van der Waals surface area (Å²) in [6.07, 6.45) is 3.28. The Morgan fingerprint density at radius 1 is 1.23 bits per heavy atom. The summed E-state index contributed by atoms with van der Waals surface area (Å²) in [5.41, 5.74) is 7.55. The molecule has 0 fully saturated rings. The van der Waals surface area contributed by atoms with Gasteiger partial charge in [0, 0.05) is 30.0 Å². The Morgan fingerprint density at radius 3 is 2.50 bits per heavy atom. The molecule has 0 aliphatic carbocycles. The van der Waals surface area contributed by atoms with Crippen molar-refractivity contribution in [1.29, 1.82) is 0 Å². The van der Waals surface area contributed by atoms with Gasteiger partial charge in [0.1, 0.15) is 5.75 Å². The van der Waals surface area contributed by atoms with E-state index in [2.05, 4.69) is 10.3 Å². The number of nitrogens with one attached hydrogen (secondary N) is 1. The van der Waals surface area contributed by atoms with Crippen molar-refractivity contribution < 1.29 is 9.53 Å². The number of amides is 1. The van der Waals surface area contributed by atoms with Crippen molar-refractivity contribution in [2.75, 3.05) is 13.7 Å². The average Bonchev–Trinajstić information content (AvgIpc) is 2.54. The van der Waals surface area contributed by atoms with E-state index in [9.17, 15) is 4.79 Å². The highest BCUT2D eigenvalue weighted by atomic mass is 16.5. The third-order valence-corrected chi connectivity index (χ3v) is 3.39. The van der Waals surface area contributed by atoms with E-state index < -0.39 is 5.54 Å². The van der Waals surface area contributed by atoms with E-state index in [-0.39, 0.29) is 5.91 Å². The van der Waals surface area contributed by atoms with Crippen molar-refractivity contribution >= 4 is 5.91 Å². The molecule has 0 bridgehead atoms. The van der Waals surface area contributed by atoms with Gasteiger partial charge in [-0.05, 0) is 37.6 Å². The number of aromatic nitrogens is 1. The zero-order chi connectivity index (χ0) is 16.2. The van der Waals surface area contributed by atoms with Crippen molar-refractivity contribution in [3.8, 4) is 16.9 Å². The molecule has 0 atom stereocenters. The van der Waals surface area contributed by atoms with Crippen LogP contribution >= 0.6 is 0 Å². The minimum absolute atomic E-state index is 0.182.